The van der Waals surface area contributed by atoms with E-state index >= 15 is 0 Å². The number of halogens is 2. The number of aromatic amines is 1. The Hall–Kier alpha value is -3.53. The Kier molecular flexibility index (Phi) is 6.38. The maximum Gasteiger partial charge on any atom is 0.181 e. The molecule has 4 heterocycles. The summed E-state index contributed by atoms with van der Waals surface area (Å²) in [7, 11) is 2.66. The van der Waals surface area contributed by atoms with Gasteiger partial charge >= 0.3 is 0 Å². The molecule has 0 unspecified atom stereocenters. The van der Waals surface area contributed by atoms with E-state index in [9.17, 15) is 8.78 Å². The summed E-state index contributed by atoms with van der Waals surface area (Å²) >= 11 is 0. The number of nitrogens with zero attached hydrogens (tertiary/aromatic N) is 5. The second kappa shape index (κ2) is 9.61. The molecular weight excluding hydrogens is 454 g/mol. The predicted molar refractivity (Wildman–Crippen MR) is 128 cm³/mol. The van der Waals surface area contributed by atoms with Gasteiger partial charge in [-0.3, -0.25) is 9.78 Å². The number of hydrogen-bond acceptors (Lipinski definition) is 6. The van der Waals surface area contributed by atoms with E-state index in [1.54, 1.807) is 6.20 Å². The lowest BCUT2D eigenvalue weighted by atomic mass is 10.0. The van der Waals surface area contributed by atoms with Crippen molar-refractivity contribution < 1.29 is 18.3 Å². The first-order valence-corrected chi connectivity index (χ1v) is 11.7. The molecule has 0 bridgehead atoms. The lowest BCUT2D eigenvalue weighted by Crippen LogP contribution is -2.34. The van der Waals surface area contributed by atoms with Gasteiger partial charge in [-0.05, 0) is 25.5 Å². The zero-order valence-electron chi connectivity index (χ0n) is 20.0. The number of pyridine rings is 1. The molecule has 8 nitrogen and oxygen atoms in total. The molecule has 1 aliphatic rings. The van der Waals surface area contributed by atoms with Crippen molar-refractivity contribution in [2.75, 3.05) is 33.9 Å². The summed E-state index contributed by atoms with van der Waals surface area (Å²) < 4.78 is 42.0. The highest BCUT2D eigenvalue weighted by Crippen LogP contribution is 2.34. The van der Waals surface area contributed by atoms with Crippen LogP contribution in [0, 0.1) is 11.6 Å². The molecule has 10 heteroatoms. The Bertz CT molecular complexity index is 1320. The number of benzene rings is 1. The summed E-state index contributed by atoms with van der Waals surface area (Å²) in [4.78, 5) is 6.90. The van der Waals surface area contributed by atoms with E-state index in [-0.39, 0.29) is 23.5 Å². The van der Waals surface area contributed by atoms with Gasteiger partial charge in [-0.1, -0.05) is 6.92 Å². The molecule has 1 aliphatic heterocycles. The van der Waals surface area contributed by atoms with Gasteiger partial charge in [0.1, 0.15) is 0 Å². The smallest absolute Gasteiger partial charge is 0.181 e. The number of piperidine rings is 1. The lowest BCUT2D eigenvalue weighted by Gasteiger charge is -2.31. The van der Waals surface area contributed by atoms with E-state index in [1.165, 1.54) is 20.3 Å². The SMILES string of the molecule is CCN1CCC(n2cc(-c3cnc4n[nH]c(Cc5c(F)c(OC)cc(OC)c5F)c4c3)cn2)CC1. The fourth-order valence-electron chi connectivity index (χ4n) is 4.70. The molecule has 0 atom stereocenters. The molecule has 1 aromatic carbocycles. The van der Waals surface area contributed by atoms with Gasteiger partial charge in [0.2, 0.25) is 0 Å². The average molecular weight is 483 g/mol. The van der Waals surface area contributed by atoms with Crippen LogP contribution in [-0.4, -0.2) is 63.7 Å². The van der Waals surface area contributed by atoms with Gasteiger partial charge in [-0.2, -0.15) is 10.2 Å². The zero-order valence-corrected chi connectivity index (χ0v) is 20.0. The molecule has 4 aromatic rings. The normalized spacial score (nSPS) is 15.1. The molecule has 0 aliphatic carbocycles. The van der Waals surface area contributed by atoms with Crippen LogP contribution < -0.4 is 9.47 Å². The third-order valence-corrected chi connectivity index (χ3v) is 6.82. The van der Waals surface area contributed by atoms with Crippen LogP contribution >= 0.6 is 0 Å². The Morgan fingerprint density at radius 3 is 2.40 bits per heavy atom. The van der Waals surface area contributed by atoms with Crippen LogP contribution in [0.4, 0.5) is 8.78 Å². The van der Waals surface area contributed by atoms with Crippen LogP contribution in [0.15, 0.2) is 30.7 Å². The second-order valence-corrected chi connectivity index (χ2v) is 8.74. The standard InChI is InChI=1S/C25H28F2N6O2/c1-4-32-7-5-17(6-8-32)33-14-16(13-29-33)15-9-18-20(30-31-25(18)28-12-15)10-19-23(26)21(34-2)11-22(35-3)24(19)27/h9,11-14,17H,4-8,10H2,1-3H3,(H,28,30,31). The van der Waals surface area contributed by atoms with Gasteiger partial charge in [0.25, 0.3) is 0 Å². The van der Waals surface area contributed by atoms with Crippen molar-refractivity contribution >= 4 is 11.0 Å². The fourth-order valence-corrected chi connectivity index (χ4v) is 4.70. The van der Waals surface area contributed by atoms with Gasteiger partial charge in [0.05, 0.1) is 26.5 Å². The lowest BCUT2D eigenvalue weighted by molar-refractivity contribution is 0.187. The Balaban J connectivity index is 1.45. The summed E-state index contributed by atoms with van der Waals surface area (Å²) in [5.74, 6) is -1.71. The maximum absolute atomic E-state index is 14.9. The van der Waals surface area contributed by atoms with Crippen molar-refractivity contribution in [3.63, 3.8) is 0 Å². The molecule has 184 valence electrons. The molecule has 1 fully saturated rings. The Morgan fingerprint density at radius 1 is 1.03 bits per heavy atom. The molecule has 3 aromatic heterocycles. The van der Waals surface area contributed by atoms with Crippen molar-refractivity contribution in [2.45, 2.75) is 32.2 Å². The van der Waals surface area contributed by atoms with Crippen molar-refractivity contribution in [3.8, 4) is 22.6 Å². The zero-order chi connectivity index (χ0) is 24.5. The minimum Gasteiger partial charge on any atom is -0.494 e. The fraction of sp³-hybridized carbons (Fsp3) is 0.400. The second-order valence-electron chi connectivity index (χ2n) is 8.74. The number of hydrogen-bond donors (Lipinski definition) is 1. The number of H-pyrrole nitrogens is 1. The highest BCUT2D eigenvalue weighted by atomic mass is 19.1. The number of fused-ring (bicyclic) bond motifs is 1. The quantitative estimate of drug-likeness (QED) is 0.422. The van der Waals surface area contributed by atoms with E-state index in [2.05, 4.69) is 32.1 Å². The van der Waals surface area contributed by atoms with E-state index in [0.29, 0.717) is 22.8 Å². The highest BCUT2D eigenvalue weighted by Gasteiger charge is 2.23. The van der Waals surface area contributed by atoms with Crippen LogP contribution in [0.2, 0.25) is 0 Å². The summed E-state index contributed by atoms with van der Waals surface area (Å²) in [6.07, 6.45) is 7.69. The first-order valence-electron chi connectivity index (χ1n) is 11.7. The van der Waals surface area contributed by atoms with E-state index < -0.39 is 11.6 Å². The summed E-state index contributed by atoms with van der Waals surface area (Å²) in [6, 6.07) is 3.50. The van der Waals surface area contributed by atoms with Crippen molar-refractivity contribution in [1.82, 2.24) is 29.9 Å². The molecule has 1 N–H and O–H groups in total. The van der Waals surface area contributed by atoms with Crippen LogP contribution in [-0.2, 0) is 6.42 Å². The van der Waals surface area contributed by atoms with Gasteiger partial charge in [0, 0.05) is 65.7 Å². The molecule has 0 amide bonds. The van der Waals surface area contributed by atoms with Crippen molar-refractivity contribution in [3.05, 3.63) is 53.6 Å². The molecule has 0 radical (unpaired) electrons. The number of rotatable bonds is 7. The maximum atomic E-state index is 14.9. The molecule has 1 saturated heterocycles. The van der Waals surface area contributed by atoms with E-state index in [1.807, 2.05) is 23.1 Å². The third-order valence-electron chi connectivity index (χ3n) is 6.82. The van der Waals surface area contributed by atoms with Crippen molar-refractivity contribution in [1.29, 1.82) is 0 Å². The largest absolute Gasteiger partial charge is 0.494 e. The number of nitrogens with one attached hydrogen (secondary N) is 1. The summed E-state index contributed by atoms with van der Waals surface area (Å²) in [5, 5.41) is 12.4. The van der Waals surface area contributed by atoms with Crippen LogP contribution in [0.5, 0.6) is 11.5 Å². The minimum atomic E-state index is -0.770. The Morgan fingerprint density at radius 2 is 1.74 bits per heavy atom. The highest BCUT2D eigenvalue weighted by molar-refractivity contribution is 5.83. The Labute approximate surface area is 201 Å². The number of ether oxygens (including phenoxy) is 2. The molecular formula is C25H28F2N6O2. The van der Waals surface area contributed by atoms with Gasteiger partial charge in [-0.15, -0.1) is 0 Å². The van der Waals surface area contributed by atoms with Gasteiger partial charge in [0.15, 0.2) is 28.8 Å². The number of likely N-dealkylation sites (tertiary alicyclic amines) is 1. The van der Waals surface area contributed by atoms with Crippen molar-refractivity contribution in [2.24, 2.45) is 0 Å². The number of aromatic nitrogens is 5. The first kappa shape index (κ1) is 23.2. The van der Waals surface area contributed by atoms with E-state index in [0.717, 1.165) is 43.6 Å². The van der Waals surface area contributed by atoms with Crippen LogP contribution in [0.1, 0.15) is 37.1 Å². The topological polar surface area (TPSA) is 81.1 Å². The number of methoxy groups -OCH3 is 2. The van der Waals surface area contributed by atoms with Gasteiger partial charge in [-0.25, -0.2) is 13.8 Å². The van der Waals surface area contributed by atoms with Gasteiger partial charge < -0.3 is 14.4 Å². The first-order chi connectivity index (χ1) is 17.0. The van der Waals surface area contributed by atoms with Crippen LogP contribution in [0.3, 0.4) is 0 Å². The molecule has 5 rings (SSSR count). The summed E-state index contributed by atoms with van der Waals surface area (Å²) in [5.41, 5.74) is 2.65. The van der Waals surface area contributed by atoms with Crippen LogP contribution in [0.25, 0.3) is 22.2 Å². The molecule has 0 saturated carbocycles. The average Bonchev–Trinajstić information content (AvgIpc) is 3.54. The monoisotopic (exact) mass is 482 g/mol. The molecule has 0 spiro atoms. The predicted octanol–water partition coefficient (Wildman–Crippen LogP) is 4.36. The third kappa shape index (κ3) is 4.34. The molecule has 35 heavy (non-hydrogen) atoms. The summed E-state index contributed by atoms with van der Waals surface area (Å²) in [6.45, 7) is 5.41. The van der Waals surface area contributed by atoms with E-state index in [4.69, 9.17) is 9.47 Å². The minimum absolute atomic E-state index is 0.0673.